The Morgan fingerprint density at radius 3 is 2.86 bits per heavy atom. The molecular formula is C17H25N3O. The fourth-order valence-electron chi connectivity index (χ4n) is 3.31. The topological polar surface area (TPSA) is 44.4 Å². The van der Waals surface area contributed by atoms with E-state index in [1.165, 1.54) is 18.5 Å². The van der Waals surface area contributed by atoms with Crippen LogP contribution in [0, 0.1) is 12.8 Å². The molecule has 2 heterocycles. The van der Waals surface area contributed by atoms with Crippen molar-refractivity contribution in [2.24, 2.45) is 5.92 Å². The highest BCUT2D eigenvalue weighted by molar-refractivity contribution is 5.92. The van der Waals surface area contributed by atoms with E-state index in [9.17, 15) is 4.79 Å². The molecule has 4 nitrogen and oxygen atoms in total. The van der Waals surface area contributed by atoms with Crippen LogP contribution in [0.25, 0.3) is 0 Å². The van der Waals surface area contributed by atoms with Crippen LogP contribution in [0.4, 0.5) is 11.4 Å². The van der Waals surface area contributed by atoms with E-state index in [0.29, 0.717) is 12.3 Å². The first-order chi connectivity index (χ1) is 10.2. The highest BCUT2D eigenvalue weighted by Crippen LogP contribution is 2.26. The molecule has 21 heavy (non-hydrogen) atoms. The molecule has 1 unspecified atom stereocenters. The van der Waals surface area contributed by atoms with Crippen molar-refractivity contribution in [3.63, 3.8) is 0 Å². The van der Waals surface area contributed by atoms with Crippen LogP contribution in [-0.2, 0) is 4.79 Å². The van der Waals surface area contributed by atoms with Crippen LogP contribution in [-0.4, -0.2) is 32.1 Å². The Kier molecular flexibility index (Phi) is 4.44. The maximum Gasteiger partial charge on any atom is 0.224 e. The molecular weight excluding hydrogens is 262 g/mol. The number of anilines is 2. The van der Waals surface area contributed by atoms with Gasteiger partial charge in [-0.1, -0.05) is 0 Å². The molecule has 4 heteroatoms. The van der Waals surface area contributed by atoms with Gasteiger partial charge >= 0.3 is 0 Å². The maximum absolute atomic E-state index is 12.1. The molecule has 0 saturated carbocycles. The maximum atomic E-state index is 12.1. The van der Waals surface area contributed by atoms with Crippen molar-refractivity contribution in [3.8, 4) is 0 Å². The number of hydrogen-bond donors (Lipinski definition) is 2. The summed E-state index contributed by atoms with van der Waals surface area (Å²) in [6, 6.07) is 6.37. The summed E-state index contributed by atoms with van der Waals surface area (Å²) in [4.78, 5) is 14.5. The Labute approximate surface area is 126 Å². The lowest BCUT2D eigenvalue weighted by atomic mass is 10.0. The van der Waals surface area contributed by atoms with Crippen molar-refractivity contribution in [1.82, 2.24) is 5.32 Å². The Morgan fingerprint density at radius 1 is 1.38 bits per heavy atom. The van der Waals surface area contributed by atoms with Crippen LogP contribution in [0.2, 0.25) is 0 Å². The van der Waals surface area contributed by atoms with E-state index < -0.39 is 0 Å². The molecule has 0 bridgehead atoms. The van der Waals surface area contributed by atoms with Gasteiger partial charge < -0.3 is 15.5 Å². The molecule has 0 spiro atoms. The summed E-state index contributed by atoms with van der Waals surface area (Å²) in [5, 5.41) is 6.38. The number of amides is 1. The largest absolute Gasteiger partial charge is 0.372 e. The lowest BCUT2D eigenvalue weighted by molar-refractivity contribution is -0.116. The molecule has 2 aliphatic heterocycles. The third-order valence-corrected chi connectivity index (χ3v) is 4.59. The summed E-state index contributed by atoms with van der Waals surface area (Å²) >= 11 is 0. The highest BCUT2D eigenvalue weighted by atomic mass is 16.1. The quantitative estimate of drug-likeness (QED) is 0.894. The van der Waals surface area contributed by atoms with E-state index in [-0.39, 0.29) is 5.91 Å². The monoisotopic (exact) mass is 287 g/mol. The zero-order valence-electron chi connectivity index (χ0n) is 12.8. The summed E-state index contributed by atoms with van der Waals surface area (Å²) in [6.07, 6.45) is 4.31. The summed E-state index contributed by atoms with van der Waals surface area (Å²) in [7, 11) is 0. The number of nitrogens with zero attached hydrogens (tertiary/aromatic N) is 1. The fraction of sp³-hybridized carbons (Fsp3) is 0.588. The predicted molar refractivity (Wildman–Crippen MR) is 86.8 cm³/mol. The number of nitrogens with one attached hydrogen (secondary N) is 2. The second-order valence-corrected chi connectivity index (χ2v) is 6.30. The molecule has 2 N–H and O–H groups in total. The Hall–Kier alpha value is -1.55. The van der Waals surface area contributed by atoms with Gasteiger partial charge in [-0.3, -0.25) is 4.79 Å². The Bertz CT molecular complexity index is 503. The van der Waals surface area contributed by atoms with Crippen LogP contribution in [0.1, 0.15) is 31.2 Å². The minimum atomic E-state index is 0.140. The molecule has 3 rings (SSSR count). The zero-order valence-corrected chi connectivity index (χ0v) is 12.8. The number of carbonyl (C=O) groups excluding carboxylic acids is 1. The number of hydrogen-bond acceptors (Lipinski definition) is 3. The summed E-state index contributed by atoms with van der Waals surface area (Å²) in [5.41, 5.74) is 3.38. The molecule has 2 aliphatic rings. The Balaban J connectivity index is 1.60. The molecule has 2 fully saturated rings. The summed E-state index contributed by atoms with van der Waals surface area (Å²) in [6.45, 7) is 6.40. The van der Waals surface area contributed by atoms with Crippen LogP contribution in [0.3, 0.4) is 0 Å². The van der Waals surface area contributed by atoms with Crippen molar-refractivity contribution >= 4 is 17.3 Å². The van der Waals surface area contributed by atoms with E-state index in [1.807, 2.05) is 6.07 Å². The van der Waals surface area contributed by atoms with E-state index >= 15 is 0 Å². The molecule has 1 aromatic rings. The molecule has 1 amide bonds. The lowest BCUT2D eigenvalue weighted by Gasteiger charge is -2.19. The molecule has 0 aliphatic carbocycles. The van der Waals surface area contributed by atoms with Crippen LogP contribution in [0.5, 0.6) is 0 Å². The first-order valence-corrected chi connectivity index (χ1v) is 8.08. The van der Waals surface area contributed by atoms with Crippen LogP contribution >= 0.6 is 0 Å². The lowest BCUT2D eigenvalue weighted by Crippen LogP contribution is -2.20. The molecule has 2 saturated heterocycles. The normalized spacial score (nSPS) is 21.8. The molecule has 1 aromatic carbocycles. The van der Waals surface area contributed by atoms with Crippen LogP contribution < -0.4 is 15.5 Å². The standard InChI is InChI=1S/C17H25N3O/c1-13-10-15(20-8-2-3-9-20)4-5-16(13)19-17(21)11-14-6-7-18-12-14/h4-5,10,14,18H,2-3,6-9,11-12H2,1H3,(H,19,21). The van der Waals surface area contributed by atoms with Gasteiger partial charge in [0.25, 0.3) is 0 Å². The number of carbonyl (C=O) groups is 1. The van der Waals surface area contributed by atoms with Crippen molar-refractivity contribution in [2.45, 2.75) is 32.6 Å². The number of aryl methyl sites for hydroxylation is 1. The summed E-state index contributed by atoms with van der Waals surface area (Å²) in [5.74, 6) is 0.634. The Morgan fingerprint density at radius 2 is 2.19 bits per heavy atom. The molecule has 0 aromatic heterocycles. The van der Waals surface area contributed by atoms with Gasteiger partial charge in [0.05, 0.1) is 0 Å². The minimum Gasteiger partial charge on any atom is -0.372 e. The average molecular weight is 287 g/mol. The fourth-order valence-corrected chi connectivity index (χ4v) is 3.31. The zero-order chi connectivity index (χ0) is 14.7. The SMILES string of the molecule is Cc1cc(N2CCCC2)ccc1NC(=O)CC1CCNC1. The number of rotatable bonds is 4. The van der Waals surface area contributed by atoms with Crippen LogP contribution in [0.15, 0.2) is 18.2 Å². The second-order valence-electron chi connectivity index (χ2n) is 6.30. The van der Waals surface area contributed by atoms with Gasteiger partial charge in [0.15, 0.2) is 0 Å². The van der Waals surface area contributed by atoms with Gasteiger partial charge in [0, 0.05) is 30.9 Å². The molecule has 1 atom stereocenters. The predicted octanol–water partition coefficient (Wildman–Crippen LogP) is 2.53. The first kappa shape index (κ1) is 14.4. The average Bonchev–Trinajstić information content (AvgIpc) is 3.13. The van der Waals surface area contributed by atoms with Crippen molar-refractivity contribution in [2.75, 3.05) is 36.4 Å². The van der Waals surface area contributed by atoms with E-state index in [1.54, 1.807) is 0 Å². The van der Waals surface area contributed by atoms with E-state index in [0.717, 1.165) is 43.9 Å². The number of benzene rings is 1. The third-order valence-electron chi connectivity index (χ3n) is 4.59. The van der Waals surface area contributed by atoms with E-state index in [2.05, 4.69) is 34.6 Å². The minimum absolute atomic E-state index is 0.140. The van der Waals surface area contributed by atoms with Gasteiger partial charge in [-0.2, -0.15) is 0 Å². The second kappa shape index (κ2) is 6.48. The van der Waals surface area contributed by atoms with Gasteiger partial charge in [-0.05, 0) is 69.0 Å². The van der Waals surface area contributed by atoms with Crippen molar-refractivity contribution < 1.29 is 4.79 Å². The van der Waals surface area contributed by atoms with E-state index in [4.69, 9.17) is 0 Å². The van der Waals surface area contributed by atoms with Crippen molar-refractivity contribution in [3.05, 3.63) is 23.8 Å². The van der Waals surface area contributed by atoms with Gasteiger partial charge in [-0.25, -0.2) is 0 Å². The molecule has 0 radical (unpaired) electrons. The van der Waals surface area contributed by atoms with Gasteiger partial charge in [-0.15, -0.1) is 0 Å². The first-order valence-electron chi connectivity index (χ1n) is 8.08. The summed E-state index contributed by atoms with van der Waals surface area (Å²) < 4.78 is 0. The van der Waals surface area contributed by atoms with Gasteiger partial charge in [0.1, 0.15) is 0 Å². The molecule has 114 valence electrons. The van der Waals surface area contributed by atoms with Crippen molar-refractivity contribution in [1.29, 1.82) is 0 Å². The highest BCUT2D eigenvalue weighted by Gasteiger charge is 2.19. The third kappa shape index (κ3) is 3.56. The van der Waals surface area contributed by atoms with Gasteiger partial charge in [0.2, 0.25) is 5.91 Å². The smallest absolute Gasteiger partial charge is 0.224 e.